The van der Waals surface area contributed by atoms with Gasteiger partial charge in [0.2, 0.25) is 0 Å². The van der Waals surface area contributed by atoms with Crippen LogP contribution in [0, 0.1) is 0 Å². The minimum absolute atomic E-state index is 0.0896. The summed E-state index contributed by atoms with van der Waals surface area (Å²) in [6.45, 7) is 0.783. The van der Waals surface area contributed by atoms with Gasteiger partial charge < -0.3 is 10.2 Å². The number of hydrogen-bond donors (Lipinski definition) is 2. The van der Waals surface area contributed by atoms with Gasteiger partial charge in [-0.05, 0) is 42.2 Å². The number of benzene rings is 2. The van der Waals surface area contributed by atoms with Gasteiger partial charge in [-0.3, -0.25) is 4.72 Å². The number of nitrogens with zero attached hydrogens (tertiary/aromatic N) is 1. The van der Waals surface area contributed by atoms with Gasteiger partial charge in [0.25, 0.3) is 0 Å². The summed E-state index contributed by atoms with van der Waals surface area (Å²) in [7, 11) is 0. The lowest BCUT2D eigenvalue weighted by atomic mass is 9.88. The second-order valence-electron chi connectivity index (χ2n) is 7.09. The molecule has 0 aromatic heterocycles. The summed E-state index contributed by atoms with van der Waals surface area (Å²) in [4.78, 5) is 14.5. The molecule has 3 atom stereocenters. The first kappa shape index (κ1) is 17.4. The van der Waals surface area contributed by atoms with E-state index in [2.05, 4.69) is 69.7 Å². The average Bonchev–Trinajstić information content (AvgIpc) is 3.06. The fourth-order valence-corrected chi connectivity index (χ4v) is 4.84. The van der Waals surface area contributed by atoms with E-state index in [1.54, 1.807) is 11.9 Å². The molecule has 2 aromatic rings. The molecule has 0 radical (unpaired) electrons. The lowest BCUT2D eigenvalue weighted by molar-refractivity contribution is 0.122. The topological polar surface area (TPSA) is 44.4 Å². The van der Waals surface area contributed by atoms with Gasteiger partial charge in [0, 0.05) is 12.6 Å². The van der Waals surface area contributed by atoms with Gasteiger partial charge in [-0.15, -0.1) is 0 Å². The van der Waals surface area contributed by atoms with E-state index in [-0.39, 0.29) is 12.1 Å². The largest absolute Gasteiger partial charge is 0.336 e. The summed E-state index contributed by atoms with van der Waals surface area (Å²) >= 11 is 1.65. The molecule has 2 fully saturated rings. The molecule has 0 aliphatic carbocycles. The molecule has 2 aliphatic heterocycles. The van der Waals surface area contributed by atoms with Gasteiger partial charge in [0.1, 0.15) is 0 Å². The lowest BCUT2D eigenvalue weighted by Gasteiger charge is -2.42. The molecule has 0 saturated carbocycles. The summed E-state index contributed by atoms with van der Waals surface area (Å²) in [5.74, 6) is 0. The predicted octanol–water partition coefficient (Wildman–Crippen LogP) is 3.69. The minimum Gasteiger partial charge on any atom is -0.336 e. The molecule has 26 heavy (non-hydrogen) atoms. The van der Waals surface area contributed by atoms with Crippen molar-refractivity contribution in [2.75, 3.05) is 12.8 Å². The Hall–Kier alpha value is -1.98. The van der Waals surface area contributed by atoms with Crippen molar-refractivity contribution in [3.63, 3.8) is 0 Å². The number of piperidine rings is 1. The molecular formula is C21H25N3OS. The highest BCUT2D eigenvalue weighted by Gasteiger charge is 2.43. The quantitative estimate of drug-likeness (QED) is 0.792. The third-order valence-electron chi connectivity index (χ3n) is 5.50. The van der Waals surface area contributed by atoms with Crippen molar-refractivity contribution < 1.29 is 4.79 Å². The molecule has 4 rings (SSSR count). The molecule has 4 nitrogen and oxygen atoms in total. The third-order valence-corrected chi connectivity index (χ3v) is 6.04. The number of hydrogen-bond acceptors (Lipinski definition) is 3. The van der Waals surface area contributed by atoms with E-state index in [0.717, 1.165) is 25.8 Å². The average molecular weight is 368 g/mol. The summed E-state index contributed by atoms with van der Waals surface area (Å²) < 4.78 is 3.53. The van der Waals surface area contributed by atoms with Crippen LogP contribution in [0.3, 0.4) is 0 Å². The number of nitrogens with one attached hydrogen (secondary N) is 2. The molecule has 2 heterocycles. The van der Waals surface area contributed by atoms with Gasteiger partial charge in [-0.25, -0.2) is 4.79 Å². The number of rotatable bonds is 5. The van der Waals surface area contributed by atoms with Gasteiger partial charge in [0.15, 0.2) is 0 Å². The molecule has 5 heteroatoms. The minimum atomic E-state index is 0.0896. The van der Waals surface area contributed by atoms with Crippen molar-refractivity contribution in [2.45, 2.75) is 37.4 Å². The van der Waals surface area contributed by atoms with Crippen LogP contribution >= 0.6 is 11.9 Å². The van der Waals surface area contributed by atoms with E-state index in [1.807, 2.05) is 6.07 Å². The summed E-state index contributed by atoms with van der Waals surface area (Å²) in [5, 5.41) is 3.03. The second kappa shape index (κ2) is 7.72. The molecule has 2 N–H and O–H groups in total. The molecule has 2 aromatic carbocycles. The van der Waals surface area contributed by atoms with Gasteiger partial charge in [-0.1, -0.05) is 66.5 Å². The molecule has 2 amide bonds. The molecular weight excluding hydrogens is 342 g/mol. The number of amides is 2. The van der Waals surface area contributed by atoms with E-state index >= 15 is 0 Å². The molecule has 0 bridgehead atoms. The van der Waals surface area contributed by atoms with Crippen molar-refractivity contribution in [1.82, 2.24) is 14.9 Å². The number of carbonyl (C=O) groups excluding carboxylic acids is 1. The van der Waals surface area contributed by atoms with Crippen molar-refractivity contribution in [3.05, 3.63) is 60.2 Å². The van der Waals surface area contributed by atoms with Gasteiger partial charge >= 0.3 is 6.03 Å². The zero-order valence-electron chi connectivity index (χ0n) is 15.0. The van der Waals surface area contributed by atoms with Crippen LogP contribution in [0.15, 0.2) is 54.6 Å². The Morgan fingerprint density at radius 1 is 1.12 bits per heavy atom. The van der Waals surface area contributed by atoms with Gasteiger partial charge in [-0.2, -0.15) is 0 Å². The highest BCUT2D eigenvalue weighted by Crippen LogP contribution is 2.30. The van der Waals surface area contributed by atoms with Crippen LogP contribution in [-0.2, 0) is 6.42 Å². The lowest BCUT2D eigenvalue weighted by Crippen LogP contribution is -2.57. The Bertz CT molecular complexity index is 767. The van der Waals surface area contributed by atoms with Crippen LogP contribution in [-0.4, -0.2) is 41.9 Å². The Balaban J connectivity index is 1.60. The van der Waals surface area contributed by atoms with Crippen molar-refractivity contribution >= 4 is 18.0 Å². The van der Waals surface area contributed by atoms with Crippen molar-refractivity contribution in [1.29, 1.82) is 0 Å². The van der Waals surface area contributed by atoms with Crippen LogP contribution in [0.25, 0.3) is 11.1 Å². The first-order valence-corrected chi connectivity index (χ1v) is 10.5. The zero-order chi connectivity index (χ0) is 17.9. The van der Waals surface area contributed by atoms with E-state index < -0.39 is 0 Å². The van der Waals surface area contributed by atoms with Crippen molar-refractivity contribution in [2.24, 2.45) is 0 Å². The van der Waals surface area contributed by atoms with Crippen LogP contribution < -0.4 is 10.0 Å². The van der Waals surface area contributed by atoms with Crippen LogP contribution in [0.2, 0.25) is 0 Å². The maximum absolute atomic E-state index is 12.4. The smallest absolute Gasteiger partial charge is 0.318 e. The predicted molar refractivity (Wildman–Crippen MR) is 108 cm³/mol. The maximum atomic E-state index is 12.4. The second-order valence-corrected chi connectivity index (χ2v) is 7.73. The van der Waals surface area contributed by atoms with Crippen LogP contribution in [0.5, 0.6) is 0 Å². The number of urea groups is 1. The number of carbonyl (C=O) groups is 1. The monoisotopic (exact) mass is 367 g/mol. The summed E-state index contributed by atoms with van der Waals surface area (Å²) in [6, 6.07) is 20.1. The van der Waals surface area contributed by atoms with Gasteiger partial charge in [0.05, 0.1) is 12.1 Å². The third kappa shape index (κ3) is 3.46. The van der Waals surface area contributed by atoms with E-state index in [4.69, 9.17) is 0 Å². The highest BCUT2D eigenvalue weighted by atomic mass is 32.2. The molecule has 3 unspecified atom stereocenters. The SMILES string of the molecule is CSNC1CCC2CNC(=O)N2C1Cc1cccc(-c2ccccc2)c1. The van der Waals surface area contributed by atoms with Crippen LogP contribution in [0.1, 0.15) is 18.4 Å². The molecule has 2 saturated heterocycles. The fourth-order valence-electron chi connectivity index (χ4n) is 4.26. The fraction of sp³-hybridized carbons (Fsp3) is 0.381. The summed E-state index contributed by atoms with van der Waals surface area (Å²) in [5.41, 5.74) is 3.74. The Morgan fingerprint density at radius 3 is 2.73 bits per heavy atom. The molecule has 2 aliphatic rings. The van der Waals surface area contributed by atoms with E-state index in [9.17, 15) is 4.79 Å². The van der Waals surface area contributed by atoms with E-state index in [0.29, 0.717) is 12.1 Å². The Morgan fingerprint density at radius 2 is 1.92 bits per heavy atom. The standard InChI is InChI=1S/C21H25N3OS/c1-26-23-19-11-10-18-14-22-21(25)24(18)20(19)13-15-6-5-9-17(12-15)16-7-3-2-4-8-16/h2-9,12,18-20,23H,10-11,13-14H2,1H3,(H,22,25). The van der Waals surface area contributed by atoms with Crippen LogP contribution in [0.4, 0.5) is 4.79 Å². The Labute approximate surface area is 159 Å². The first-order chi connectivity index (χ1) is 12.8. The normalized spacial score (nSPS) is 25.0. The number of fused-ring (bicyclic) bond motifs is 1. The first-order valence-electron chi connectivity index (χ1n) is 9.25. The summed E-state index contributed by atoms with van der Waals surface area (Å²) in [6.07, 6.45) is 5.11. The zero-order valence-corrected chi connectivity index (χ0v) is 15.8. The highest BCUT2D eigenvalue weighted by molar-refractivity contribution is 7.96. The maximum Gasteiger partial charge on any atom is 0.318 e. The molecule has 136 valence electrons. The molecule has 0 spiro atoms. The van der Waals surface area contributed by atoms with E-state index in [1.165, 1.54) is 16.7 Å². The van der Waals surface area contributed by atoms with Crippen molar-refractivity contribution in [3.8, 4) is 11.1 Å². The Kier molecular flexibility index (Phi) is 5.18.